The highest BCUT2D eigenvalue weighted by Gasteiger charge is 1.97. The zero-order valence-electron chi connectivity index (χ0n) is 8.41. The third kappa shape index (κ3) is 9.28. The van der Waals surface area contributed by atoms with Gasteiger partial charge in [-0.15, -0.1) is 0 Å². The van der Waals surface area contributed by atoms with Gasteiger partial charge in [-0.1, -0.05) is 45.1 Å². The summed E-state index contributed by atoms with van der Waals surface area (Å²) < 4.78 is 0. The van der Waals surface area contributed by atoms with E-state index in [0.29, 0.717) is 6.29 Å². The fraction of sp³-hybridized carbons (Fsp3) is 0.727. The standard InChI is InChI=1S/C11H20O2/c1-2-3-4-5-6-8-11(13)9-7-10-12/h7,9-11,13H,2-6,8H2,1H3/b9-7+. The van der Waals surface area contributed by atoms with E-state index in [-0.39, 0.29) is 0 Å². The summed E-state index contributed by atoms with van der Waals surface area (Å²) in [6.45, 7) is 2.18. The van der Waals surface area contributed by atoms with Gasteiger partial charge in [0.2, 0.25) is 0 Å². The van der Waals surface area contributed by atoms with Crippen molar-refractivity contribution in [2.45, 2.75) is 51.6 Å². The highest BCUT2D eigenvalue weighted by atomic mass is 16.3. The van der Waals surface area contributed by atoms with E-state index in [9.17, 15) is 9.90 Å². The Hall–Kier alpha value is -0.630. The van der Waals surface area contributed by atoms with Crippen LogP contribution in [-0.2, 0) is 4.79 Å². The Morgan fingerprint density at radius 1 is 1.23 bits per heavy atom. The molecule has 1 unspecified atom stereocenters. The summed E-state index contributed by atoms with van der Waals surface area (Å²) in [6.07, 6.45) is 9.93. The van der Waals surface area contributed by atoms with E-state index in [4.69, 9.17) is 0 Å². The predicted molar refractivity (Wildman–Crippen MR) is 54.6 cm³/mol. The first-order valence-corrected chi connectivity index (χ1v) is 5.11. The first-order chi connectivity index (χ1) is 6.31. The minimum Gasteiger partial charge on any atom is -0.389 e. The highest BCUT2D eigenvalue weighted by Crippen LogP contribution is 2.07. The molecule has 0 aromatic heterocycles. The van der Waals surface area contributed by atoms with Gasteiger partial charge in [-0.25, -0.2) is 0 Å². The van der Waals surface area contributed by atoms with Crippen molar-refractivity contribution in [2.75, 3.05) is 0 Å². The van der Waals surface area contributed by atoms with E-state index in [1.165, 1.54) is 31.8 Å². The molecule has 0 heterocycles. The van der Waals surface area contributed by atoms with Crippen LogP contribution in [0.2, 0.25) is 0 Å². The summed E-state index contributed by atoms with van der Waals surface area (Å²) in [6, 6.07) is 0. The second-order valence-electron chi connectivity index (χ2n) is 3.29. The molecule has 0 aliphatic carbocycles. The first-order valence-electron chi connectivity index (χ1n) is 5.11. The van der Waals surface area contributed by atoms with Crippen LogP contribution in [0.4, 0.5) is 0 Å². The van der Waals surface area contributed by atoms with Crippen molar-refractivity contribution in [1.29, 1.82) is 0 Å². The molecule has 2 heteroatoms. The van der Waals surface area contributed by atoms with Crippen molar-refractivity contribution in [3.63, 3.8) is 0 Å². The van der Waals surface area contributed by atoms with Gasteiger partial charge in [0.05, 0.1) is 6.10 Å². The Morgan fingerprint density at radius 3 is 2.54 bits per heavy atom. The SMILES string of the molecule is CCCCCCCC(O)/C=C/C=O. The Morgan fingerprint density at radius 2 is 1.92 bits per heavy atom. The lowest BCUT2D eigenvalue weighted by molar-refractivity contribution is -0.104. The molecule has 0 saturated carbocycles. The van der Waals surface area contributed by atoms with Gasteiger partial charge in [0.15, 0.2) is 0 Å². The van der Waals surface area contributed by atoms with Crippen LogP contribution in [0, 0.1) is 0 Å². The van der Waals surface area contributed by atoms with Crippen molar-refractivity contribution in [2.24, 2.45) is 0 Å². The zero-order valence-corrected chi connectivity index (χ0v) is 8.41. The molecule has 0 saturated heterocycles. The fourth-order valence-electron chi connectivity index (χ4n) is 1.23. The Kier molecular flexibility index (Phi) is 9.00. The van der Waals surface area contributed by atoms with Crippen LogP contribution < -0.4 is 0 Å². The van der Waals surface area contributed by atoms with Gasteiger partial charge in [-0.05, 0) is 12.5 Å². The molecule has 2 nitrogen and oxygen atoms in total. The number of hydrogen-bond acceptors (Lipinski definition) is 2. The van der Waals surface area contributed by atoms with Gasteiger partial charge in [-0.2, -0.15) is 0 Å². The second kappa shape index (κ2) is 9.46. The zero-order chi connectivity index (χ0) is 9.94. The molecule has 0 fully saturated rings. The normalized spacial score (nSPS) is 13.4. The molecule has 0 amide bonds. The van der Waals surface area contributed by atoms with Crippen LogP contribution in [0.15, 0.2) is 12.2 Å². The van der Waals surface area contributed by atoms with Gasteiger partial charge in [0, 0.05) is 0 Å². The number of allylic oxidation sites excluding steroid dienone is 1. The Labute approximate surface area is 80.7 Å². The van der Waals surface area contributed by atoms with E-state index >= 15 is 0 Å². The molecule has 76 valence electrons. The largest absolute Gasteiger partial charge is 0.389 e. The number of aliphatic hydroxyl groups is 1. The number of carbonyl (C=O) groups is 1. The van der Waals surface area contributed by atoms with Gasteiger partial charge < -0.3 is 5.11 Å². The monoisotopic (exact) mass is 184 g/mol. The quantitative estimate of drug-likeness (QED) is 0.357. The molecule has 0 aromatic rings. The smallest absolute Gasteiger partial charge is 0.142 e. The summed E-state index contributed by atoms with van der Waals surface area (Å²) in [5.41, 5.74) is 0. The molecular weight excluding hydrogens is 164 g/mol. The van der Waals surface area contributed by atoms with Crippen molar-refractivity contribution in [3.8, 4) is 0 Å². The lowest BCUT2D eigenvalue weighted by Crippen LogP contribution is -2.01. The number of carbonyl (C=O) groups excluding carboxylic acids is 1. The molecule has 0 aliphatic rings. The first kappa shape index (κ1) is 12.4. The summed E-state index contributed by atoms with van der Waals surface area (Å²) in [4.78, 5) is 9.93. The number of aldehydes is 1. The van der Waals surface area contributed by atoms with Crippen LogP contribution in [-0.4, -0.2) is 17.5 Å². The van der Waals surface area contributed by atoms with Crippen LogP contribution >= 0.6 is 0 Å². The summed E-state index contributed by atoms with van der Waals surface area (Å²) in [5, 5.41) is 9.29. The molecular formula is C11H20O2. The lowest BCUT2D eigenvalue weighted by atomic mass is 10.1. The number of rotatable bonds is 8. The van der Waals surface area contributed by atoms with Gasteiger partial charge in [0.1, 0.15) is 6.29 Å². The predicted octanol–water partition coefficient (Wildman–Crippen LogP) is 2.46. The number of hydrogen-bond donors (Lipinski definition) is 1. The third-order valence-corrected chi connectivity index (χ3v) is 2.02. The second-order valence-corrected chi connectivity index (χ2v) is 3.29. The summed E-state index contributed by atoms with van der Waals surface area (Å²) in [5.74, 6) is 0. The minimum absolute atomic E-state index is 0.438. The van der Waals surface area contributed by atoms with Gasteiger partial charge in [-0.3, -0.25) is 4.79 Å². The van der Waals surface area contributed by atoms with Crippen molar-refractivity contribution >= 4 is 6.29 Å². The molecule has 0 radical (unpaired) electrons. The average molecular weight is 184 g/mol. The molecule has 1 atom stereocenters. The van der Waals surface area contributed by atoms with E-state index in [0.717, 1.165) is 12.8 Å². The maximum absolute atomic E-state index is 9.93. The Balaban J connectivity index is 3.21. The van der Waals surface area contributed by atoms with E-state index in [2.05, 4.69) is 6.92 Å². The average Bonchev–Trinajstić information content (AvgIpc) is 2.14. The molecule has 0 aliphatic heterocycles. The highest BCUT2D eigenvalue weighted by molar-refractivity contribution is 5.64. The van der Waals surface area contributed by atoms with E-state index < -0.39 is 6.10 Å². The maximum Gasteiger partial charge on any atom is 0.142 e. The summed E-state index contributed by atoms with van der Waals surface area (Å²) in [7, 11) is 0. The van der Waals surface area contributed by atoms with E-state index in [1.807, 2.05) is 0 Å². The van der Waals surface area contributed by atoms with Crippen molar-refractivity contribution in [1.82, 2.24) is 0 Å². The lowest BCUT2D eigenvalue weighted by Gasteiger charge is -2.03. The van der Waals surface area contributed by atoms with Crippen LogP contribution in [0.5, 0.6) is 0 Å². The molecule has 0 bridgehead atoms. The topological polar surface area (TPSA) is 37.3 Å². The number of aliphatic hydroxyl groups excluding tert-OH is 1. The molecule has 13 heavy (non-hydrogen) atoms. The maximum atomic E-state index is 9.93. The third-order valence-electron chi connectivity index (χ3n) is 2.02. The van der Waals surface area contributed by atoms with Crippen LogP contribution in [0.1, 0.15) is 45.4 Å². The van der Waals surface area contributed by atoms with Crippen LogP contribution in [0.3, 0.4) is 0 Å². The van der Waals surface area contributed by atoms with Crippen LogP contribution in [0.25, 0.3) is 0 Å². The van der Waals surface area contributed by atoms with E-state index in [1.54, 1.807) is 6.08 Å². The van der Waals surface area contributed by atoms with Crippen molar-refractivity contribution < 1.29 is 9.90 Å². The fourth-order valence-corrected chi connectivity index (χ4v) is 1.23. The van der Waals surface area contributed by atoms with Gasteiger partial charge in [0.25, 0.3) is 0 Å². The number of unbranched alkanes of at least 4 members (excludes halogenated alkanes) is 4. The molecule has 0 rings (SSSR count). The molecule has 0 aromatic carbocycles. The van der Waals surface area contributed by atoms with Crippen molar-refractivity contribution in [3.05, 3.63) is 12.2 Å². The Bertz CT molecular complexity index is 141. The minimum atomic E-state index is -0.438. The van der Waals surface area contributed by atoms with Gasteiger partial charge >= 0.3 is 0 Å². The molecule has 1 N–H and O–H groups in total. The molecule has 0 spiro atoms. The summed E-state index contributed by atoms with van der Waals surface area (Å²) >= 11 is 0.